The van der Waals surface area contributed by atoms with E-state index in [0.29, 0.717) is 33.8 Å². The number of nitrogens with zero attached hydrogens (tertiary/aromatic N) is 3. The molecule has 0 aliphatic heterocycles. The highest BCUT2D eigenvalue weighted by molar-refractivity contribution is 7.99. The zero-order chi connectivity index (χ0) is 19.4. The van der Waals surface area contributed by atoms with Crippen molar-refractivity contribution in [1.82, 2.24) is 9.55 Å². The fourth-order valence-electron chi connectivity index (χ4n) is 2.54. The van der Waals surface area contributed by atoms with Crippen LogP contribution < -0.4 is 5.56 Å². The van der Waals surface area contributed by atoms with Crippen LogP contribution in [0.1, 0.15) is 10.4 Å². The number of aromatic nitrogens is 2. The standard InChI is InChI=1S/C18H15N3O5S/c1-26-9-8-20-17(23)13-4-2-3-5-14(13)19-18(20)27-16-7-6-12(11-22)10-15(16)21(24)25/h2-7,10-11H,8-9H2,1H3. The molecule has 27 heavy (non-hydrogen) atoms. The molecule has 0 aliphatic carbocycles. The van der Waals surface area contributed by atoms with E-state index in [-0.39, 0.29) is 23.4 Å². The predicted octanol–water partition coefficient (Wildman–Crippen LogP) is 2.91. The van der Waals surface area contributed by atoms with E-state index in [1.165, 1.54) is 29.9 Å². The Labute approximate surface area is 157 Å². The number of para-hydroxylation sites is 1. The van der Waals surface area contributed by atoms with Gasteiger partial charge in [0.25, 0.3) is 11.2 Å². The highest BCUT2D eigenvalue weighted by Crippen LogP contribution is 2.34. The summed E-state index contributed by atoms with van der Waals surface area (Å²) in [6.07, 6.45) is 0.546. The summed E-state index contributed by atoms with van der Waals surface area (Å²) in [6, 6.07) is 11.1. The number of nitro benzene ring substituents is 1. The molecule has 3 aromatic rings. The van der Waals surface area contributed by atoms with Gasteiger partial charge in [-0.1, -0.05) is 18.2 Å². The SMILES string of the molecule is COCCn1c(Sc2ccc(C=O)cc2[N+](=O)[O-])nc2ccccc2c1=O. The van der Waals surface area contributed by atoms with Gasteiger partial charge in [0.15, 0.2) is 5.16 Å². The number of rotatable bonds is 7. The quantitative estimate of drug-likeness (QED) is 0.266. The highest BCUT2D eigenvalue weighted by atomic mass is 32.2. The molecule has 3 rings (SSSR count). The average Bonchev–Trinajstić information content (AvgIpc) is 2.68. The van der Waals surface area contributed by atoms with Gasteiger partial charge in [0.05, 0.1) is 33.9 Å². The van der Waals surface area contributed by atoms with Crippen LogP contribution in [0.3, 0.4) is 0 Å². The Morgan fingerprint density at radius 2 is 2.07 bits per heavy atom. The lowest BCUT2D eigenvalue weighted by molar-refractivity contribution is -0.387. The minimum absolute atomic E-state index is 0.203. The van der Waals surface area contributed by atoms with E-state index >= 15 is 0 Å². The number of fused-ring (bicyclic) bond motifs is 1. The van der Waals surface area contributed by atoms with E-state index in [1.807, 2.05) is 0 Å². The third kappa shape index (κ3) is 3.88. The molecule has 0 aliphatic rings. The normalized spacial score (nSPS) is 10.9. The van der Waals surface area contributed by atoms with E-state index in [4.69, 9.17) is 4.74 Å². The molecule has 0 saturated heterocycles. The molecule has 0 radical (unpaired) electrons. The maximum atomic E-state index is 12.8. The number of benzene rings is 2. The number of methoxy groups -OCH3 is 1. The number of carbonyl (C=O) groups is 1. The van der Waals surface area contributed by atoms with Gasteiger partial charge < -0.3 is 4.74 Å². The van der Waals surface area contributed by atoms with Crippen LogP contribution in [-0.4, -0.2) is 34.5 Å². The number of aldehydes is 1. The van der Waals surface area contributed by atoms with Crippen molar-refractivity contribution in [1.29, 1.82) is 0 Å². The van der Waals surface area contributed by atoms with Crippen molar-refractivity contribution in [3.05, 3.63) is 68.5 Å². The van der Waals surface area contributed by atoms with Gasteiger partial charge in [-0.2, -0.15) is 0 Å². The number of nitro groups is 1. The molecule has 2 aromatic carbocycles. The first-order valence-electron chi connectivity index (χ1n) is 7.95. The number of carbonyl (C=O) groups excluding carboxylic acids is 1. The largest absolute Gasteiger partial charge is 0.383 e. The highest BCUT2D eigenvalue weighted by Gasteiger charge is 2.19. The van der Waals surface area contributed by atoms with Gasteiger partial charge in [0.1, 0.15) is 6.29 Å². The van der Waals surface area contributed by atoms with Crippen LogP contribution in [0.25, 0.3) is 10.9 Å². The fourth-order valence-corrected chi connectivity index (χ4v) is 3.54. The molecule has 0 bridgehead atoms. The summed E-state index contributed by atoms with van der Waals surface area (Å²) in [5, 5.41) is 12.2. The van der Waals surface area contributed by atoms with E-state index < -0.39 is 4.92 Å². The van der Waals surface area contributed by atoms with Crippen molar-refractivity contribution < 1.29 is 14.5 Å². The smallest absolute Gasteiger partial charge is 0.284 e. The molecule has 8 nitrogen and oxygen atoms in total. The molecular formula is C18H15N3O5S. The predicted molar refractivity (Wildman–Crippen MR) is 100 cm³/mol. The molecule has 9 heteroatoms. The molecule has 0 spiro atoms. The van der Waals surface area contributed by atoms with E-state index in [2.05, 4.69) is 4.98 Å². The van der Waals surface area contributed by atoms with Crippen LogP contribution in [-0.2, 0) is 11.3 Å². The lowest BCUT2D eigenvalue weighted by atomic mass is 10.2. The second-order valence-corrected chi connectivity index (χ2v) is 6.57. The first-order chi connectivity index (χ1) is 13.0. The molecule has 0 N–H and O–H groups in total. The lowest BCUT2D eigenvalue weighted by Crippen LogP contribution is -2.25. The van der Waals surface area contributed by atoms with Gasteiger partial charge in [0, 0.05) is 18.7 Å². The van der Waals surface area contributed by atoms with Crippen LogP contribution in [0.2, 0.25) is 0 Å². The minimum atomic E-state index is -0.562. The van der Waals surface area contributed by atoms with Crippen molar-refractivity contribution in [2.24, 2.45) is 0 Å². The summed E-state index contributed by atoms with van der Waals surface area (Å²) in [4.78, 5) is 39.4. The fraction of sp³-hybridized carbons (Fsp3) is 0.167. The first kappa shape index (κ1) is 18.7. The molecule has 0 fully saturated rings. The van der Waals surface area contributed by atoms with E-state index in [0.717, 1.165) is 11.8 Å². The molecule has 1 aromatic heterocycles. The zero-order valence-electron chi connectivity index (χ0n) is 14.3. The number of ether oxygens (including phenoxy) is 1. The average molecular weight is 385 g/mol. The van der Waals surface area contributed by atoms with Crippen LogP contribution in [0.15, 0.2) is 57.3 Å². The van der Waals surface area contributed by atoms with Crippen molar-refractivity contribution in [2.45, 2.75) is 16.6 Å². The van der Waals surface area contributed by atoms with Crippen molar-refractivity contribution in [2.75, 3.05) is 13.7 Å². The molecular weight excluding hydrogens is 370 g/mol. The van der Waals surface area contributed by atoms with Crippen LogP contribution in [0.5, 0.6) is 0 Å². The number of hydrogen-bond acceptors (Lipinski definition) is 7. The lowest BCUT2D eigenvalue weighted by Gasteiger charge is -2.13. The molecule has 0 atom stereocenters. The second kappa shape index (κ2) is 8.11. The molecule has 138 valence electrons. The second-order valence-electron chi connectivity index (χ2n) is 5.57. The monoisotopic (exact) mass is 385 g/mol. The Kier molecular flexibility index (Phi) is 5.63. The maximum absolute atomic E-state index is 12.8. The van der Waals surface area contributed by atoms with Gasteiger partial charge in [-0.3, -0.25) is 24.3 Å². The summed E-state index contributed by atoms with van der Waals surface area (Å²) in [5.41, 5.74) is 0.248. The Hall–Kier alpha value is -3.04. The van der Waals surface area contributed by atoms with Gasteiger partial charge in [-0.15, -0.1) is 0 Å². The van der Waals surface area contributed by atoms with Gasteiger partial charge in [-0.05, 0) is 30.0 Å². The third-order valence-electron chi connectivity index (χ3n) is 3.86. The van der Waals surface area contributed by atoms with Crippen LogP contribution in [0.4, 0.5) is 5.69 Å². The van der Waals surface area contributed by atoms with Crippen LogP contribution in [0, 0.1) is 10.1 Å². The molecule has 1 heterocycles. The summed E-state index contributed by atoms with van der Waals surface area (Å²) in [7, 11) is 1.52. The molecule has 0 saturated carbocycles. The summed E-state index contributed by atoms with van der Waals surface area (Å²) < 4.78 is 6.50. The maximum Gasteiger partial charge on any atom is 0.284 e. The Morgan fingerprint density at radius 3 is 2.78 bits per heavy atom. The zero-order valence-corrected chi connectivity index (χ0v) is 15.1. The Bertz CT molecular complexity index is 1080. The van der Waals surface area contributed by atoms with Crippen molar-refractivity contribution >= 4 is 34.6 Å². The number of hydrogen-bond donors (Lipinski definition) is 0. The Morgan fingerprint density at radius 1 is 1.30 bits per heavy atom. The summed E-state index contributed by atoms with van der Waals surface area (Å²) in [6.45, 7) is 0.551. The summed E-state index contributed by atoms with van der Waals surface area (Å²) >= 11 is 1.01. The van der Waals surface area contributed by atoms with Gasteiger partial charge >= 0.3 is 0 Å². The van der Waals surface area contributed by atoms with Gasteiger partial charge in [-0.25, -0.2) is 4.98 Å². The van der Waals surface area contributed by atoms with Crippen LogP contribution >= 0.6 is 11.8 Å². The van der Waals surface area contributed by atoms with E-state index in [9.17, 15) is 19.7 Å². The molecule has 0 unspecified atom stereocenters. The summed E-state index contributed by atoms with van der Waals surface area (Å²) in [5.74, 6) is 0. The Balaban J connectivity index is 2.15. The molecule has 0 amide bonds. The minimum Gasteiger partial charge on any atom is -0.383 e. The first-order valence-corrected chi connectivity index (χ1v) is 8.76. The third-order valence-corrected chi connectivity index (χ3v) is 4.92. The van der Waals surface area contributed by atoms with E-state index in [1.54, 1.807) is 24.3 Å². The van der Waals surface area contributed by atoms with Gasteiger partial charge in [0.2, 0.25) is 0 Å². The topological polar surface area (TPSA) is 104 Å². The van der Waals surface area contributed by atoms with Crippen molar-refractivity contribution in [3.8, 4) is 0 Å². The van der Waals surface area contributed by atoms with Crippen molar-refractivity contribution in [3.63, 3.8) is 0 Å².